The molecule has 2 aliphatic rings. The van der Waals surface area contributed by atoms with Gasteiger partial charge in [-0.05, 0) is 25.0 Å². The van der Waals surface area contributed by atoms with E-state index >= 15 is 0 Å². The summed E-state index contributed by atoms with van der Waals surface area (Å²) < 4.78 is 0. The van der Waals surface area contributed by atoms with E-state index in [9.17, 15) is 0 Å². The molecule has 1 N–H and O–H groups in total. The molecule has 1 unspecified atom stereocenters. The predicted molar refractivity (Wildman–Crippen MR) is 103 cm³/mol. The van der Waals surface area contributed by atoms with Crippen LogP contribution in [0.25, 0.3) is 0 Å². The summed E-state index contributed by atoms with van der Waals surface area (Å²) in [6.07, 6.45) is 3.45. The number of anilines is 1. The van der Waals surface area contributed by atoms with Crippen LogP contribution in [0.1, 0.15) is 37.4 Å². The van der Waals surface area contributed by atoms with Crippen molar-refractivity contribution in [1.29, 1.82) is 0 Å². The van der Waals surface area contributed by atoms with Crippen LogP contribution in [0.2, 0.25) is 5.15 Å². The topological polar surface area (TPSA) is 52.9 Å². The summed E-state index contributed by atoms with van der Waals surface area (Å²) in [6, 6.07) is 14.0. The van der Waals surface area contributed by atoms with E-state index in [0.717, 1.165) is 47.8 Å². The van der Waals surface area contributed by atoms with Gasteiger partial charge >= 0.3 is 0 Å². The summed E-state index contributed by atoms with van der Waals surface area (Å²) in [5.41, 5.74) is 6.98. The van der Waals surface area contributed by atoms with E-state index in [1.165, 1.54) is 0 Å². The van der Waals surface area contributed by atoms with Crippen molar-refractivity contribution in [3.8, 4) is 0 Å². The number of hydrazone groups is 1. The van der Waals surface area contributed by atoms with Crippen LogP contribution in [-0.4, -0.2) is 29.2 Å². The van der Waals surface area contributed by atoms with Crippen LogP contribution in [0, 0.1) is 0 Å². The number of halogens is 1. The van der Waals surface area contributed by atoms with Gasteiger partial charge in [0.15, 0.2) is 5.84 Å². The number of unbranched alkanes of at least 4 members (excludes halogenated alkanes) is 1. The number of rotatable bonds is 4. The Morgan fingerprint density at radius 2 is 2.04 bits per heavy atom. The molecule has 0 aliphatic carbocycles. The first-order chi connectivity index (χ1) is 12.3. The summed E-state index contributed by atoms with van der Waals surface area (Å²) in [5.74, 6) is 0.928. The Morgan fingerprint density at radius 3 is 2.84 bits per heavy atom. The molecule has 0 saturated heterocycles. The van der Waals surface area contributed by atoms with Crippen LogP contribution in [0.4, 0.5) is 5.69 Å². The smallest absolute Gasteiger partial charge is 0.152 e. The molecule has 1 atom stereocenters. The van der Waals surface area contributed by atoms with Gasteiger partial charge in [-0.3, -0.25) is 10.4 Å². The Balaban J connectivity index is 1.82. The third-order valence-corrected chi connectivity index (χ3v) is 4.72. The van der Waals surface area contributed by atoms with Crippen LogP contribution in [-0.2, 0) is 0 Å². The maximum absolute atomic E-state index is 6.22. The minimum absolute atomic E-state index is 0.141. The van der Waals surface area contributed by atoms with Gasteiger partial charge in [0.1, 0.15) is 17.0 Å². The van der Waals surface area contributed by atoms with E-state index in [2.05, 4.69) is 39.5 Å². The standard InChI is InChI=1S/C19H20ClN5/c1-2-3-9-16-23-24-17-12-21-18(13-7-5-4-6-8-13)19-14(25(16)17)10-11-15(20)22-19/h4-8,10-11,16,23H,2-3,9,12H2,1H3. The predicted octanol–water partition coefficient (Wildman–Crippen LogP) is 3.83. The number of hydrogen-bond acceptors (Lipinski definition) is 5. The summed E-state index contributed by atoms with van der Waals surface area (Å²) in [7, 11) is 0. The van der Waals surface area contributed by atoms with Crippen molar-refractivity contribution in [1.82, 2.24) is 10.4 Å². The van der Waals surface area contributed by atoms with Gasteiger partial charge in [-0.15, -0.1) is 0 Å². The molecule has 0 saturated carbocycles. The number of aromatic nitrogens is 1. The SMILES string of the molecule is CCCCC1NN=C2CN=C(c3ccccc3)c3nc(Cl)ccc3N21. The van der Waals surface area contributed by atoms with Gasteiger partial charge in [0.05, 0.1) is 17.9 Å². The van der Waals surface area contributed by atoms with Gasteiger partial charge in [0.2, 0.25) is 0 Å². The Kier molecular flexibility index (Phi) is 4.40. The highest BCUT2D eigenvalue weighted by Crippen LogP contribution is 2.31. The molecule has 4 rings (SSSR count). The highest BCUT2D eigenvalue weighted by Gasteiger charge is 2.33. The van der Waals surface area contributed by atoms with Crippen LogP contribution in [0.3, 0.4) is 0 Å². The third-order valence-electron chi connectivity index (χ3n) is 4.51. The summed E-state index contributed by atoms with van der Waals surface area (Å²) in [4.78, 5) is 11.7. The largest absolute Gasteiger partial charge is 0.302 e. The quantitative estimate of drug-likeness (QED) is 0.850. The molecule has 5 nitrogen and oxygen atoms in total. The first kappa shape index (κ1) is 16.1. The van der Waals surface area contributed by atoms with Crippen LogP contribution >= 0.6 is 11.6 Å². The molecule has 1 aromatic heterocycles. The van der Waals surface area contributed by atoms with Gasteiger partial charge in [0.25, 0.3) is 0 Å². The molecule has 0 amide bonds. The molecule has 0 bridgehead atoms. The number of benzene rings is 1. The molecule has 0 radical (unpaired) electrons. The Hall–Kier alpha value is -2.40. The Bertz CT molecular complexity index is 831. The van der Waals surface area contributed by atoms with Crippen molar-refractivity contribution >= 4 is 28.8 Å². The molecule has 25 heavy (non-hydrogen) atoms. The highest BCUT2D eigenvalue weighted by atomic mass is 35.5. The Labute approximate surface area is 152 Å². The van der Waals surface area contributed by atoms with Gasteiger partial charge in [0, 0.05) is 5.56 Å². The lowest BCUT2D eigenvalue weighted by Crippen LogP contribution is -2.41. The molecule has 6 heteroatoms. The van der Waals surface area contributed by atoms with Crippen LogP contribution in [0.5, 0.6) is 0 Å². The second-order valence-corrected chi connectivity index (χ2v) is 6.60. The van der Waals surface area contributed by atoms with E-state index in [1.807, 2.05) is 30.3 Å². The number of aliphatic imine (C=N–C) groups is 1. The van der Waals surface area contributed by atoms with Crippen molar-refractivity contribution in [2.24, 2.45) is 10.1 Å². The maximum atomic E-state index is 6.22. The molecule has 0 fully saturated rings. The summed E-state index contributed by atoms with van der Waals surface area (Å²) >= 11 is 6.22. The number of hydrogen-bond donors (Lipinski definition) is 1. The zero-order chi connectivity index (χ0) is 17.2. The lowest BCUT2D eigenvalue weighted by Gasteiger charge is -2.27. The van der Waals surface area contributed by atoms with Gasteiger partial charge < -0.3 is 4.90 Å². The molecular formula is C19H20ClN5. The number of fused-ring (bicyclic) bond motifs is 3. The van der Waals surface area contributed by atoms with Crippen molar-refractivity contribution in [3.63, 3.8) is 0 Å². The number of nitrogens with one attached hydrogen (secondary N) is 1. The van der Waals surface area contributed by atoms with Crippen LogP contribution < -0.4 is 10.3 Å². The van der Waals surface area contributed by atoms with Crippen molar-refractivity contribution in [3.05, 3.63) is 58.9 Å². The molecule has 128 valence electrons. The highest BCUT2D eigenvalue weighted by molar-refractivity contribution is 6.30. The fraction of sp³-hybridized carbons (Fsp3) is 0.316. The normalized spacial score (nSPS) is 18.6. The number of nitrogens with zero attached hydrogens (tertiary/aromatic N) is 4. The minimum Gasteiger partial charge on any atom is -0.302 e. The molecule has 1 aromatic carbocycles. The van der Waals surface area contributed by atoms with E-state index in [4.69, 9.17) is 16.6 Å². The second kappa shape index (κ2) is 6.84. The lowest BCUT2D eigenvalue weighted by atomic mass is 10.0. The Morgan fingerprint density at radius 1 is 1.20 bits per heavy atom. The summed E-state index contributed by atoms with van der Waals surface area (Å²) in [5, 5.41) is 5.00. The monoisotopic (exact) mass is 353 g/mol. The fourth-order valence-electron chi connectivity index (χ4n) is 3.30. The van der Waals surface area contributed by atoms with E-state index in [0.29, 0.717) is 11.7 Å². The van der Waals surface area contributed by atoms with E-state index < -0.39 is 0 Å². The summed E-state index contributed by atoms with van der Waals surface area (Å²) in [6.45, 7) is 2.72. The fourth-order valence-corrected chi connectivity index (χ4v) is 3.44. The van der Waals surface area contributed by atoms with Crippen molar-refractivity contribution in [2.75, 3.05) is 11.4 Å². The molecular weight excluding hydrogens is 334 g/mol. The second-order valence-electron chi connectivity index (χ2n) is 6.22. The first-order valence-electron chi connectivity index (χ1n) is 8.66. The third kappa shape index (κ3) is 3.00. The molecule has 0 spiro atoms. The zero-order valence-electron chi connectivity index (χ0n) is 14.1. The van der Waals surface area contributed by atoms with Crippen molar-refractivity contribution < 1.29 is 0 Å². The molecule has 2 aliphatic heterocycles. The van der Waals surface area contributed by atoms with Gasteiger partial charge in [-0.2, -0.15) is 5.10 Å². The average molecular weight is 354 g/mol. The van der Waals surface area contributed by atoms with Crippen LogP contribution in [0.15, 0.2) is 52.6 Å². The zero-order valence-corrected chi connectivity index (χ0v) is 14.9. The first-order valence-corrected chi connectivity index (χ1v) is 9.04. The van der Waals surface area contributed by atoms with E-state index in [1.54, 1.807) is 0 Å². The maximum Gasteiger partial charge on any atom is 0.152 e. The number of amidine groups is 1. The lowest BCUT2D eigenvalue weighted by molar-refractivity contribution is 0.517. The molecule has 2 aromatic rings. The van der Waals surface area contributed by atoms with E-state index in [-0.39, 0.29) is 6.17 Å². The number of pyridine rings is 1. The van der Waals surface area contributed by atoms with Gasteiger partial charge in [-0.1, -0.05) is 55.3 Å². The van der Waals surface area contributed by atoms with Gasteiger partial charge in [-0.25, -0.2) is 4.98 Å². The minimum atomic E-state index is 0.141. The van der Waals surface area contributed by atoms with Crippen molar-refractivity contribution in [2.45, 2.75) is 32.4 Å². The molecule has 3 heterocycles. The average Bonchev–Trinajstić information content (AvgIpc) is 2.96.